The van der Waals surface area contributed by atoms with Gasteiger partial charge in [0, 0.05) is 5.75 Å². The number of ether oxygens (including phenoxy) is 1. The molecular formula is C12H20N4O3S. The van der Waals surface area contributed by atoms with Gasteiger partial charge in [-0.3, -0.25) is 14.7 Å². The Hall–Kier alpha value is -1.54. The lowest BCUT2D eigenvalue weighted by atomic mass is 10.3. The number of nitrogens with one attached hydrogen (secondary N) is 2. The van der Waals surface area contributed by atoms with E-state index in [-0.39, 0.29) is 11.7 Å². The molecular weight excluding hydrogens is 280 g/mol. The molecule has 1 atom stereocenters. The highest BCUT2D eigenvalue weighted by Gasteiger charge is 2.16. The van der Waals surface area contributed by atoms with E-state index in [1.54, 1.807) is 6.92 Å². The van der Waals surface area contributed by atoms with Crippen molar-refractivity contribution in [2.45, 2.75) is 26.8 Å². The first kappa shape index (κ1) is 16.5. The maximum atomic E-state index is 11.8. The Morgan fingerprint density at radius 1 is 1.50 bits per heavy atom. The molecule has 0 spiro atoms. The van der Waals surface area contributed by atoms with Crippen molar-refractivity contribution in [3.63, 3.8) is 0 Å². The quantitative estimate of drug-likeness (QED) is 0.636. The zero-order valence-electron chi connectivity index (χ0n) is 11.9. The van der Waals surface area contributed by atoms with Crippen LogP contribution in [0.5, 0.6) is 0 Å². The number of amides is 1. The van der Waals surface area contributed by atoms with Gasteiger partial charge in [-0.15, -0.1) is 11.8 Å². The number of thioether (sulfide) groups is 1. The summed E-state index contributed by atoms with van der Waals surface area (Å²) in [5, 5.41) is 9.56. The van der Waals surface area contributed by atoms with Gasteiger partial charge in [0.05, 0.1) is 29.4 Å². The van der Waals surface area contributed by atoms with E-state index >= 15 is 0 Å². The number of nitrogens with two attached hydrogens (primary N) is 1. The second-order valence-corrected chi connectivity index (χ2v) is 5.26. The molecule has 4 N–H and O–H groups in total. The molecule has 0 radical (unpaired) electrons. The van der Waals surface area contributed by atoms with Crippen LogP contribution >= 0.6 is 11.8 Å². The molecule has 0 aliphatic heterocycles. The number of carbonyl (C=O) groups is 2. The lowest BCUT2D eigenvalue weighted by Crippen LogP contribution is -2.35. The second-order valence-electron chi connectivity index (χ2n) is 4.23. The monoisotopic (exact) mass is 300 g/mol. The third-order valence-electron chi connectivity index (χ3n) is 2.51. The Bertz CT molecular complexity index is 456. The number of aryl methyl sites for hydroxylation is 2. The molecule has 0 saturated carbocycles. The van der Waals surface area contributed by atoms with Gasteiger partial charge in [-0.25, -0.2) is 0 Å². The summed E-state index contributed by atoms with van der Waals surface area (Å²) in [6.45, 7) is 5.67. The van der Waals surface area contributed by atoms with Crippen molar-refractivity contribution in [1.29, 1.82) is 0 Å². The smallest absolute Gasteiger partial charge is 0.323 e. The van der Waals surface area contributed by atoms with Gasteiger partial charge in [0.1, 0.15) is 6.04 Å². The van der Waals surface area contributed by atoms with E-state index in [4.69, 9.17) is 10.5 Å². The van der Waals surface area contributed by atoms with Crippen LogP contribution in [0.2, 0.25) is 0 Å². The van der Waals surface area contributed by atoms with Crippen molar-refractivity contribution in [1.82, 2.24) is 10.2 Å². The minimum Gasteiger partial charge on any atom is -0.465 e. The molecule has 7 nitrogen and oxygen atoms in total. The van der Waals surface area contributed by atoms with Crippen LogP contribution in [0.15, 0.2) is 0 Å². The van der Waals surface area contributed by atoms with Crippen molar-refractivity contribution in [2.75, 3.05) is 23.4 Å². The summed E-state index contributed by atoms with van der Waals surface area (Å²) in [6, 6.07) is -0.704. The third-order valence-corrected chi connectivity index (χ3v) is 3.57. The van der Waals surface area contributed by atoms with Gasteiger partial charge in [0.15, 0.2) is 0 Å². The van der Waals surface area contributed by atoms with E-state index in [1.807, 2.05) is 13.8 Å². The topological polar surface area (TPSA) is 110 Å². The van der Waals surface area contributed by atoms with Crippen molar-refractivity contribution >= 4 is 29.3 Å². The van der Waals surface area contributed by atoms with E-state index in [1.165, 1.54) is 11.8 Å². The highest BCUT2D eigenvalue weighted by Crippen LogP contribution is 2.16. The number of anilines is 1. The Morgan fingerprint density at radius 3 is 2.75 bits per heavy atom. The van der Waals surface area contributed by atoms with Gasteiger partial charge in [0.2, 0.25) is 5.91 Å². The average Bonchev–Trinajstić information content (AvgIpc) is 2.70. The molecule has 1 heterocycles. The molecule has 1 unspecified atom stereocenters. The number of nitrogens with zero attached hydrogens (tertiary/aromatic N) is 1. The lowest BCUT2D eigenvalue weighted by Gasteiger charge is -2.10. The van der Waals surface area contributed by atoms with Gasteiger partial charge in [-0.1, -0.05) is 0 Å². The summed E-state index contributed by atoms with van der Waals surface area (Å²) in [5.74, 6) is -0.0344. The first-order chi connectivity index (χ1) is 9.45. The predicted octanol–water partition coefficient (Wildman–Crippen LogP) is 0.589. The summed E-state index contributed by atoms with van der Waals surface area (Å²) in [4.78, 5) is 23.1. The van der Waals surface area contributed by atoms with Crippen LogP contribution < -0.4 is 11.1 Å². The minimum absolute atomic E-state index is 0.154. The van der Waals surface area contributed by atoms with Gasteiger partial charge in [-0.2, -0.15) is 5.10 Å². The Balaban J connectivity index is 2.32. The predicted molar refractivity (Wildman–Crippen MR) is 78.6 cm³/mol. The maximum Gasteiger partial charge on any atom is 0.323 e. The zero-order valence-corrected chi connectivity index (χ0v) is 12.7. The maximum absolute atomic E-state index is 11.8. The number of hydrogen-bond donors (Lipinski definition) is 3. The van der Waals surface area contributed by atoms with Crippen LogP contribution in [0, 0.1) is 13.8 Å². The number of hydrogen-bond acceptors (Lipinski definition) is 6. The van der Waals surface area contributed by atoms with E-state index in [2.05, 4.69) is 15.5 Å². The summed E-state index contributed by atoms with van der Waals surface area (Å²) in [5.41, 5.74) is 7.88. The number of carbonyl (C=O) groups excluding carboxylic acids is 2. The van der Waals surface area contributed by atoms with Crippen LogP contribution in [0.3, 0.4) is 0 Å². The molecule has 0 saturated heterocycles. The number of esters is 1. The molecule has 0 aliphatic carbocycles. The third kappa shape index (κ3) is 4.86. The fourth-order valence-corrected chi connectivity index (χ4v) is 2.27. The number of rotatable bonds is 7. The molecule has 20 heavy (non-hydrogen) atoms. The number of H-pyrrole nitrogens is 1. The summed E-state index contributed by atoms with van der Waals surface area (Å²) < 4.78 is 4.79. The average molecular weight is 300 g/mol. The van der Waals surface area contributed by atoms with Gasteiger partial charge >= 0.3 is 5.97 Å². The van der Waals surface area contributed by atoms with Crippen molar-refractivity contribution in [2.24, 2.45) is 5.73 Å². The SMILES string of the molecule is CCOC(=O)C(N)CSCC(=O)Nc1c(C)n[nH]c1C. The van der Waals surface area contributed by atoms with Gasteiger partial charge in [-0.05, 0) is 20.8 Å². The summed E-state index contributed by atoms with van der Waals surface area (Å²) >= 11 is 1.29. The molecule has 1 rings (SSSR count). The van der Waals surface area contributed by atoms with Crippen LogP contribution in [0.1, 0.15) is 18.3 Å². The number of aromatic amines is 1. The lowest BCUT2D eigenvalue weighted by molar-refractivity contribution is -0.144. The molecule has 1 aromatic rings. The van der Waals surface area contributed by atoms with E-state index < -0.39 is 12.0 Å². The minimum atomic E-state index is -0.704. The molecule has 1 aromatic heterocycles. The second kappa shape index (κ2) is 7.91. The van der Waals surface area contributed by atoms with Gasteiger partial charge in [0.25, 0.3) is 0 Å². The first-order valence-electron chi connectivity index (χ1n) is 6.27. The molecule has 0 aliphatic rings. The van der Waals surface area contributed by atoms with E-state index in [9.17, 15) is 9.59 Å². The van der Waals surface area contributed by atoms with Gasteiger partial charge < -0.3 is 15.8 Å². The summed E-state index contributed by atoms with van der Waals surface area (Å²) in [6.07, 6.45) is 0. The van der Waals surface area contributed by atoms with Crippen LogP contribution in [-0.2, 0) is 14.3 Å². The van der Waals surface area contributed by atoms with E-state index in [0.29, 0.717) is 18.0 Å². The Morgan fingerprint density at radius 2 is 2.20 bits per heavy atom. The molecule has 0 aromatic carbocycles. The fourth-order valence-electron chi connectivity index (χ4n) is 1.51. The van der Waals surface area contributed by atoms with Crippen LogP contribution in [0.4, 0.5) is 5.69 Å². The Labute approximate surface area is 122 Å². The molecule has 0 fully saturated rings. The zero-order chi connectivity index (χ0) is 15.1. The highest BCUT2D eigenvalue weighted by molar-refractivity contribution is 8.00. The molecule has 112 valence electrons. The normalized spacial score (nSPS) is 12.0. The van der Waals surface area contributed by atoms with Crippen LogP contribution in [0.25, 0.3) is 0 Å². The number of aromatic nitrogens is 2. The van der Waals surface area contributed by atoms with Crippen molar-refractivity contribution in [3.05, 3.63) is 11.4 Å². The molecule has 0 bridgehead atoms. The molecule has 8 heteroatoms. The first-order valence-corrected chi connectivity index (χ1v) is 7.42. The standard InChI is InChI=1S/C12H20N4O3S/c1-4-19-12(18)9(13)5-20-6-10(17)14-11-7(2)15-16-8(11)3/h9H,4-6,13H2,1-3H3,(H,14,17)(H,15,16). The largest absolute Gasteiger partial charge is 0.465 e. The fraction of sp³-hybridized carbons (Fsp3) is 0.583. The molecule has 1 amide bonds. The van der Waals surface area contributed by atoms with Crippen LogP contribution in [-0.4, -0.2) is 46.2 Å². The van der Waals surface area contributed by atoms with E-state index in [0.717, 1.165) is 11.4 Å². The van der Waals surface area contributed by atoms with Crippen molar-refractivity contribution in [3.8, 4) is 0 Å². The van der Waals surface area contributed by atoms with Crippen molar-refractivity contribution < 1.29 is 14.3 Å². The Kier molecular flexibility index (Phi) is 6.53. The highest BCUT2D eigenvalue weighted by atomic mass is 32.2. The summed E-state index contributed by atoms with van der Waals surface area (Å²) in [7, 11) is 0.